The minimum atomic E-state index is -0.272. The Morgan fingerprint density at radius 1 is 1.16 bits per heavy atom. The molecule has 0 atom stereocenters. The van der Waals surface area contributed by atoms with E-state index >= 15 is 0 Å². The van der Waals surface area contributed by atoms with Gasteiger partial charge in [0.05, 0.1) is 36.0 Å². The molecule has 0 saturated carbocycles. The first kappa shape index (κ1) is 18.8. The average molecular weight is 429 g/mol. The Morgan fingerprint density at radius 2 is 2.06 bits per heavy atom. The van der Waals surface area contributed by atoms with Crippen molar-refractivity contribution in [2.45, 2.75) is 6.42 Å². The number of hydrogen-bond acceptors (Lipinski definition) is 7. The summed E-state index contributed by atoms with van der Waals surface area (Å²) >= 11 is 1.47. The minimum absolute atomic E-state index is 0.128. The number of nitrogens with one attached hydrogen (secondary N) is 2. The van der Waals surface area contributed by atoms with Crippen LogP contribution in [0.1, 0.15) is 5.69 Å². The van der Waals surface area contributed by atoms with Crippen LogP contribution in [0.3, 0.4) is 0 Å². The molecule has 5 aromatic rings. The highest BCUT2D eigenvalue weighted by Gasteiger charge is 2.15. The monoisotopic (exact) mass is 429 g/mol. The Balaban J connectivity index is 1.39. The van der Waals surface area contributed by atoms with E-state index in [9.17, 15) is 9.59 Å². The molecule has 1 aromatic carbocycles. The fourth-order valence-electron chi connectivity index (χ4n) is 3.17. The third-order valence-corrected chi connectivity index (χ3v) is 5.52. The maximum absolute atomic E-state index is 12.7. The van der Waals surface area contributed by atoms with Crippen LogP contribution >= 0.6 is 11.3 Å². The number of thiazole rings is 1. The number of H-pyrrole nitrogens is 1. The summed E-state index contributed by atoms with van der Waals surface area (Å²) in [6.45, 7) is 0. The molecule has 0 saturated heterocycles. The highest BCUT2D eigenvalue weighted by atomic mass is 32.1. The number of aromatic nitrogens is 6. The van der Waals surface area contributed by atoms with Crippen LogP contribution in [0.15, 0.2) is 71.5 Å². The Kier molecular flexibility index (Phi) is 4.81. The van der Waals surface area contributed by atoms with Crippen LogP contribution < -0.4 is 10.9 Å². The summed E-state index contributed by atoms with van der Waals surface area (Å²) in [5.74, 6) is -0.210. The summed E-state index contributed by atoms with van der Waals surface area (Å²) < 4.78 is 1.53. The number of carbonyl (C=O) groups excluding carboxylic acids is 1. The summed E-state index contributed by atoms with van der Waals surface area (Å²) in [6.07, 6.45) is 6.35. The van der Waals surface area contributed by atoms with E-state index in [0.29, 0.717) is 28.1 Å². The van der Waals surface area contributed by atoms with Crippen molar-refractivity contribution in [2.75, 3.05) is 5.32 Å². The SMILES string of the molecule is O=C(Cc1csc(-c2cccnc2)n1)Nc1ccccc1-n1ncc2c(=O)[nH]cnc21. The van der Waals surface area contributed by atoms with E-state index in [4.69, 9.17) is 0 Å². The fourth-order valence-corrected chi connectivity index (χ4v) is 3.98. The summed E-state index contributed by atoms with van der Waals surface area (Å²) in [7, 11) is 0. The molecule has 31 heavy (non-hydrogen) atoms. The van der Waals surface area contributed by atoms with Crippen molar-refractivity contribution in [3.63, 3.8) is 0 Å². The maximum Gasteiger partial charge on any atom is 0.261 e. The molecule has 0 aliphatic carbocycles. The zero-order valence-corrected chi connectivity index (χ0v) is 16.8. The van der Waals surface area contributed by atoms with Gasteiger partial charge in [-0.2, -0.15) is 5.10 Å². The highest BCUT2D eigenvalue weighted by Crippen LogP contribution is 2.24. The van der Waals surface area contributed by atoms with Crippen LogP contribution in [0, 0.1) is 0 Å². The second-order valence-electron chi connectivity index (χ2n) is 6.65. The number of anilines is 1. The van der Waals surface area contributed by atoms with Crippen LogP contribution in [-0.4, -0.2) is 35.6 Å². The third kappa shape index (κ3) is 3.71. The van der Waals surface area contributed by atoms with Gasteiger partial charge in [0.15, 0.2) is 5.65 Å². The molecule has 0 spiro atoms. The third-order valence-electron chi connectivity index (χ3n) is 4.58. The van der Waals surface area contributed by atoms with Crippen molar-refractivity contribution in [1.29, 1.82) is 0 Å². The molecule has 2 N–H and O–H groups in total. The number of para-hydroxylation sites is 2. The van der Waals surface area contributed by atoms with Crippen LogP contribution in [-0.2, 0) is 11.2 Å². The number of pyridine rings is 1. The lowest BCUT2D eigenvalue weighted by atomic mass is 10.2. The van der Waals surface area contributed by atoms with Crippen molar-refractivity contribution in [2.24, 2.45) is 0 Å². The Labute approximate surface area is 179 Å². The van der Waals surface area contributed by atoms with E-state index in [1.807, 2.05) is 29.6 Å². The van der Waals surface area contributed by atoms with Gasteiger partial charge in [-0.1, -0.05) is 12.1 Å². The fraction of sp³-hybridized carbons (Fsp3) is 0.0476. The number of carbonyl (C=O) groups is 1. The number of benzene rings is 1. The van der Waals surface area contributed by atoms with Gasteiger partial charge in [0.1, 0.15) is 10.4 Å². The second-order valence-corrected chi connectivity index (χ2v) is 7.51. The molecule has 0 unspecified atom stereocenters. The van der Waals surface area contributed by atoms with E-state index in [2.05, 4.69) is 30.4 Å². The van der Waals surface area contributed by atoms with Crippen LogP contribution in [0.2, 0.25) is 0 Å². The van der Waals surface area contributed by atoms with Crippen LogP contribution in [0.4, 0.5) is 5.69 Å². The Bertz CT molecular complexity index is 1440. The van der Waals surface area contributed by atoms with E-state index in [-0.39, 0.29) is 17.9 Å². The number of rotatable bonds is 5. The van der Waals surface area contributed by atoms with E-state index in [0.717, 1.165) is 10.6 Å². The first-order valence-electron chi connectivity index (χ1n) is 9.34. The molecule has 9 nitrogen and oxygen atoms in total. The number of hydrogen-bond donors (Lipinski definition) is 2. The first-order chi connectivity index (χ1) is 15.2. The zero-order valence-electron chi connectivity index (χ0n) is 16.0. The molecular weight excluding hydrogens is 414 g/mol. The van der Waals surface area contributed by atoms with E-state index in [1.165, 1.54) is 28.5 Å². The highest BCUT2D eigenvalue weighted by molar-refractivity contribution is 7.13. The molecule has 5 rings (SSSR count). The molecule has 4 aromatic heterocycles. The molecule has 0 aliphatic rings. The molecule has 0 radical (unpaired) electrons. The zero-order chi connectivity index (χ0) is 21.2. The van der Waals surface area contributed by atoms with Crippen LogP contribution in [0.5, 0.6) is 0 Å². The van der Waals surface area contributed by atoms with Gasteiger partial charge in [0.2, 0.25) is 5.91 Å². The van der Waals surface area contributed by atoms with E-state index in [1.54, 1.807) is 24.5 Å². The van der Waals surface area contributed by atoms with Crippen molar-refractivity contribution < 1.29 is 4.79 Å². The van der Waals surface area contributed by atoms with Gasteiger partial charge >= 0.3 is 0 Å². The number of aromatic amines is 1. The standard InChI is InChI=1S/C21H15N7O2S/c29-18(8-14-11-31-21(26-14)13-4-3-7-22-9-13)27-16-5-1-2-6-17(16)28-19-15(10-25-28)20(30)24-12-23-19/h1-7,9-12H,8H2,(H,27,29)(H,23,24,30). The maximum atomic E-state index is 12.7. The number of fused-ring (bicyclic) bond motifs is 1. The van der Waals surface area contributed by atoms with Gasteiger partial charge < -0.3 is 10.3 Å². The molecule has 1 amide bonds. The van der Waals surface area contributed by atoms with Gasteiger partial charge in [0.25, 0.3) is 5.56 Å². The molecule has 4 heterocycles. The van der Waals surface area contributed by atoms with Crippen molar-refractivity contribution in [3.05, 3.63) is 82.7 Å². The Morgan fingerprint density at radius 3 is 2.94 bits per heavy atom. The molecule has 152 valence electrons. The number of nitrogens with zero attached hydrogens (tertiary/aromatic N) is 5. The molecular formula is C21H15N7O2S. The number of amides is 1. The predicted molar refractivity (Wildman–Crippen MR) is 117 cm³/mol. The van der Waals surface area contributed by atoms with Crippen molar-refractivity contribution >= 4 is 34.0 Å². The molecule has 0 fully saturated rings. The van der Waals surface area contributed by atoms with Gasteiger partial charge in [0, 0.05) is 23.3 Å². The van der Waals surface area contributed by atoms with Gasteiger partial charge in [-0.25, -0.2) is 14.6 Å². The lowest BCUT2D eigenvalue weighted by Gasteiger charge is -2.11. The van der Waals surface area contributed by atoms with Gasteiger partial charge in [-0.15, -0.1) is 11.3 Å². The summed E-state index contributed by atoms with van der Waals surface area (Å²) in [5.41, 5.74) is 2.89. The lowest BCUT2D eigenvalue weighted by Crippen LogP contribution is -2.16. The summed E-state index contributed by atoms with van der Waals surface area (Å²) in [5, 5.41) is 10.2. The molecule has 0 bridgehead atoms. The average Bonchev–Trinajstić information content (AvgIpc) is 3.43. The van der Waals surface area contributed by atoms with Gasteiger partial charge in [-0.05, 0) is 24.3 Å². The minimum Gasteiger partial charge on any atom is -0.324 e. The topological polar surface area (TPSA) is 118 Å². The second kappa shape index (κ2) is 7.92. The normalized spacial score (nSPS) is 11.0. The first-order valence-corrected chi connectivity index (χ1v) is 10.2. The smallest absolute Gasteiger partial charge is 0.261 e. The summed E-state index contributed by atoms with van der Waals surface area (Å²) in [4.78, 5) is 40.1. The quantitative estimate of drug-likeness (QED) is 0.443. The summed E-state index contributed by atoms with van der Waals surface area (Å²) in [6, 6.07) is 11.0. The molecule has 0 aliphatic heterocycles. The van der Waals surface area contributed by atoms with Crippen molar-refractivity contribution in [1.82, 2.24) is 29.7 Å². The van der Waals surface area contributed by atoms with Crippen LogP contribution in [0.25, 0.3) is 27.3 Å². The Hall–Kier alpha value is -4.18. The van der Waals surface area contributed by atoms with Crippen molar-refractivity contribution in [3.8, 4) is 16.3 Å². The predicted octanol–water partition coefficient (Wildman–Crippen LogP) is 2.81. The van der Waals surface area contributed by atoms with E-state index < -0.39 is 0 Å². The van der Waals surface area contributed by atoms with Gasteiger partial charge in [-0.3, -0.25) is 14.6 Å². The largest absolute Gasteiger partial charge is 0.324 e. The molecule has 10 heteroatoms. The lowest BCUT2D eigenvalue weighted by molar-refractivity contribution is -0.115.